The minimum Gasteiger partial charge on any atom is -0.381 e. The van der Waals surface area contributed by atoms with Crippen LogP contribution in [0.15, 0.2) is 29.3 Å². The van der Waals surface area contributed by atoms with Gasteiger partial charge >= 0.3 is 0 Å². The highest BCUT2D eigenvalue weighted by Crippen LogP contribution is 2.22. The molecule has 2 fully saturated rings. The molecule has 2 heterocycles. The van der Waals surface area contributed by atoms with E-state index in [0.29, 0.717) is 25.7 Å². The minimum atomic E-state index is -0.200. The van der Waals surface area contributed by atoms with Crippen molar-refractivity contribution in [2.75, 3.05) is 66.7 Å². The molecule has 3 rings (SSSR count). The molecule has 1 aromatic carbocycles. The molecule has 6 nitrogen and oxygen atoms in total. The molecule has 0 radical (unpaired) electrons. The van der Waals surface area contributed by atoms with E-state index in [9.17, 15) is 4.39 Å². The number of hydrogen-bond donors (Lipinski definition) is 1. The first-order chi connectivity index (χ1) is 13.2. The van der Waals surface area contributed by atoms with Crippen molar-refractivity contribution in [2.45, 2.75) is 12.5 Å². The van der Waals surface area contributed by atoms with Crippen LogP contribution < -0.4 is 5.32 Å². The van der Waals surface area contributed by atoms with Gasteiger partial charge in [-0.15, -0.1) is 0 Å². The summed E-state index contributed by atoms with van der Waals surface area (Å²) in [5.74, 6) is 1.21. The van der Waals surface area contributed by atoms with Crippen LogP contribution in [-0.2, 0) is 9.47 Å². The summed E-state index contributed by atoms with van der Waals surface area (Å²) in [6.07, 6.45) is 1.10. The molecule has 0 bridgehead atoms. The van der Waals surface area contributed by atoms with Crippen LogP contribution in [0.25, 0.3) is 0 Å². The van der Waals surface area contributed by atoms with E-state index >= 15 is 0 Å². The average molecular weight is 378 g/mol. The number of morpholine rings is 1. The second kappa shape index (κ2) is 10.0. The number of nitrogens with zero attached hydrogens (tertiary/aromatic N) is 3. The van der Waals surface area contributed by atoms with E-state index in [4.69, 9.17) is 9.47 Å². The van der Waals surface area contributed by atoms with Crippen molar-refractivity contribution in [3.8, 4) is 0 Å². The maximum Gasteiger partial charge on any atom is 0.193 e. The summed E-state index contributed by atoms with van der Waals surface area (Å²) in [4.78, 5) is 8.94. The van der Waals surface area contributed by atoms with Gasteiger partial charge in [0, 0.05) is 52.8 Å². The van der Waals surface area contributed by atoms with Crippen molar-refractivity contribution in [1.82, 2.24) is 15.1 Å². The zero-order valence-electron chi connectivity index (χ0n) is 16.4. The maximum atomic E-state index is 13.8. The van der Waals surface area contributed by atoms with Gasteiger partial charge in [-0.1, -0.05) is 12.1 Å². The van der Waals surface area contributed by atoms with Gasteiger partial charge < -0.3 is 19.7 Å². The number of aliphatic imine (C=N–C) groups is 1. The first-order valence-corrected chi connectivity index (χ1v) is 9.74. The third-order valence-corrected chi connectivity index (χ3v) is 5.30. The Morgan fingerprint density at radius 2 is 2.15 bits per heavy atom. The Balaban J connectivity index is 1.65. The number of ether oxygens (including phenoxy) is 2. The Kier molecular flexibility index (Phi) is 7.43. The molecule has 0 saturated carbocycles. The molecule has 1 aromatic rings. The van der Waals surface area contributed by atoms with Crippen LogP contribution in [0.2, 0.25) is 0 Å². The van der Waals surface area contributed by atoms with Crippen LogP contribution in [0, 0.1) is 11.7 Å². The smallest absolute Gasteiger partial charge is 0.193 e. The van der Waals surface area contributed by atoms with Crippen molar-refractivity contribution >= 4 is 5.96 Å². The molecule has 0 amide bonds. The quantitative estimate of drug-likeness (QED) is 0.604. The van der Waals surface area contributed by atoms with Gasteiger partial charge in [-0.25, -0.2) is 4.39 Å². The Bertz CT molecular complexity index is 616. The highest BCUT2D eigenvalue weighted by atomic mass is 19.1. The van der Waals surface area contributed by atoms with Crippen LogP contribution >= 0.6 is 0 Å². The molecule has 2 saturated heterocycles. The van der Waals surface area contributed by atoms with E-state index in [1.165, 1.54) is 6.07 Å². The third kappa shape index (κ3) is 5.64. The van der Waals surface area contributed by atoms with Crippen LogP contribution in [-0.4, -0.2) is 82.5 Å². The lowest BCUT2D eigenvalue weighted by Gasteiger charge is -2.36. The number of rotatable bonds is 6. The number of halogens is 1. The van der Waals surface area contributed by atoms with Crippen molar-refractivity contribution in [2.24, 2.45) is 10.9 Å². The van der Waals surface area contributed by atoms with Crippen molar-refractivity contribution in [1.29, 1.82) is 0 Å². The highest BCUT2D eigenvalue weighted by Gasteiger charge is 2.24. The summed E-state index contributed by atoms with van der Waals surface area (Å²) in [6.45, 7) is 6.37. The molecule has 27 heavy (non-hydrogen) atoms. The fraction of sp³-hybridized carbons (Fsp3) is 0.650. The van der Waals surface area contributed by atoms with Gasteiger partial charge in [0.25, 0.3) is 0 Å². The summed E-state index contributed by atoms with van der Waals surface area (Å²) in [7, 11) is 3.86. The fourth-order valence-corrected chi connectivity index (χ4v) is 3.83. The third-order valence-electron chi connectivity index (χ3n) is 5.30. The van der Waals surface area contributed by atoms with E-state index in [1.54, 1.807) is 19.2 Å². The molecule has 150 valence electrons. The largest absolute Gasteiger partial charge is 0.381 e. The standard InChI is InChI=1S/C20H31FN4O2/c1-22-20(24(2)14-16-6-9-27-15-16)23-13-19(25-7-10-26-11-8-25)17-4-3-5-18(21)12-17/h3-5,12,16,19H,6-11,13-15H2,1-2H3,(H,22,23). The number of guanidine groups is 1. The summed E-state index contributed by atoms with van der Waals surface area (Å²) < 4.78 is 24.8. The molecule has 0 aliphatic carbocycles. The van der Waals surface area contributed by atoms with E-state index in [-0.39, 0.29) is 11.9 Å². The topological polar surface area (TPSA) is 49.3 Å². The van der Waals surface area contributed by atoms with Crippen LogP contribution in [0.3, 0.4) is 0 Å². The Morgan fingerprint density at radius 1 is 1.33 bits per heavy atom. The van der Waals surface area contributed by atoms with E-state index in [2.05, 4.69) is 27.2 Å². The zero-order valence-corrected chi connectivity index (χ0v) is 16.4. The minimum absolute atomic E-state index is 0.0737. The first kappa shape index (κ1) is 20.0. The lowest BCUT2D eigenvalue weighted by atomic mass is 10.0. The van der Waals surface area contributed by atoms with Gasteiger partial charge in [-0.3, -0.25) is 9.89 Å². The Labute approximate surface area is 161 Å². The highest BCUT2D eigenvalue weighted by molar-refractivity contribution is 5.79. The number of nitrogens with one attached hydrogen (secondary N) is 1. The molecule has 0 spiro atoms. The van der Waals surface area contributed by atoms with Gasteiger partial charge in [0.1, 0.15) is 5.82 Å². The van der Waals surface area contributed by atoms with Gasteiger partial charge in [0.05, 0.1) is 25.9 Å². The summed E-state index contributed by atoms with van der Waals surface area (Å²) >= 11 is 0. The fourth-order valence-electron chi connectivity index (χ4n) is 3.83. The summed E-state index contributed by atoms with van der Waals surface area (Å²) in [6, 6.07) is 6.96. The number of hydrogen-bond acceptors (Lipinski definition) is 4. The van der Waals surface area contributed by atoms with Crippen LogP contribution in [0.4, 0.5) is 4.39 Å². The molecule has 0 aromatic heterocycles. The zero-order chi connectivity index (χ0) is 19.1. The Morgan fingerprint density at radius 3 is 2.81 bits per heavy atom. The lowest BCUT2D eigenvalue weighted by Crippen LogP contribution is -2.47. The van der Waals surface area contributed by atoms with Crippen molar-refractivity contribution in [3.63, 3.8) is 0 Å². The normalized spacial score (nSPS) is 22.6. The van der Waals surface area contributed by atoms with E-state index < -0.39 is 0 Å². The lowest BCUT2D eigenvalue weighted by molar-refractivity contribution is 0.0168. The van der Waals surface area contributed by atoms with E-state index in [1.807, 2.05) is 6.07 Å². The first-order valence-electron chi connectivity index (χ1n) is 9.74. The molecule has 7 heteroatoms. The van der Waals surface area contributed by atoms with Gasteiger partial charge in [-0.2, -0.15) is 0 Å². The van der Waals surface area contributed by atoms with Gasteiger partial charge in [0.2, 0.25) is 0 Å². The SMILES string of the molecule is CN=C(NCC(c1cccc(F)c1)N1CCOCC1)N(C)CC1CCOC1. The molecule has 2 unspecified atom stereocenters. The predicted molar refractivity (Wildman–Crippen MR) is 104 cm³/mol. The van der Waals surface area contributed by atoms with Crippen molar-refractivity contribution in [3.05, 3.63) is 35.6 Å². The van der Waals surface area contributed by atoms with E-state index in [0.717, 1.165) is 50.8 Å². The average Bonchev–Trinajstić information content (AvgIpc) is 3.19. The summed E-state index contributed by atoms with van der Waals surface area (Å²) in [5.41, 5.74) is 0.978. The molecule has 2 aliphatic heterocycles. The number of benzene rings is 1. The predicted octanol–water partition coefficient (Wildman–Crippen LogP) is 1.74. The van der Waals surface area contributed by atoms with Crippen LogP contribution in [0.5, 0.6) is 0 Å². The molecule has 2 atom stereocenters. The van der Waals surface area contributed by atoms with Gasteiger partial charge in [-0.05, 0) is 24.1 Å². The van der Waals surface area contributed by atoms with Gasteiger partial charge in [0.15, 0.2) is 5.96 Å². The summed E-state index contributed by atoms with van der Waals surface area (Å²) in [5, 5.41) is 3.49. The molecular formula is C20H31FN4O2. The van der Waals surface area contributed by atoms with Crippen molar-refractivity contribution < 1.29 is 13.9 Å². The second-order valence-corrected chi connectivity index (χ2v) is 7.26. The molecule has 2 aliphatic rings. The second-order valence-electron chi connectivity index (χ2n) is 7.26. The Hall–Kier alpha value is -1.70. The molecular weight excluding hydrogens is 347 g/mol. The van der Waals surface area contributed by atoms with Crippen LogP contribution in [0.1, 0.15) is 18.0 Å². The maximum absolute atomic E-state index is 13.8. The molecule has 1 N–H and O–H groups in total. The monoisotopic (exact) mass is 378 g/mol.